The number of aryl methyl sites for hydroxylation is 1. The fraction of sp³-hybridized carbons (Fsp3) is 0.500. The van der Waals surface area contributed by atoms with E-state index in [1.807, 2.05) is 17.7 Å². The number of aliphatic hydroxyl groups is 1. The molecule has 7 heteroatoms. The van der Waals surface area contributed by atoms with Crippen LogP contribution < -0.4 is 5.73 Å². The van der Waals surface area contributed by atoms with Gasteiger partial charge in [0.2, 0.25) is 0 Å². The van der Waals surface area contributed by atoms with E-state index in [-0.39, 0.29) is 12.1 Å². The predicted molar refractivity (Wildman–Crippen MR) is 82.1 cm³/mol. The van der Waals surface area contributed by atoms with Gasteiger partial charge in [0.05, 0.1) is 29.8 Å². The Labute approximate surface area is 122 Å². The lowest BCUT2D eigenvalue weighted by Gasteiger charge is -2.19. The molecule has 112 valence electrons. The summed E-state index contributed by atoms with van der Waals surface area (Å²) in [6.45, 7) is 8.59. The van der Waals surface area contributed by atoms with Crippen molar-refractivity contribution in [1.82, 2.24) is 24.5 Å². The Morgan fingerprint density at radius 3 is 2.52 bits per heavy atom. The minimum atomic E-state index is -0.166. The van der Waals surface area contributed by atoms with Crippen molar-refractivity contribution in [1.29, 1.82) is 0 Å². The number of nitrogens with zero attached hydrogens (tertiary/aromatic N) is 5. The van der Waals surface area contributed by atoms with Crippen LogP contribution in [0.25, 0.3) is 22.1 Å². The summed E-state index contributed by atoms with van der Waals surface area (Å²) in [6.07, 6.45) is 0. The Hall–Kier alpha value is -2.15. The highest BCUT2D eigenvalue weighted by atomic mass is 16.3. The summed E-state index contributed by atoms with van der Waals surface area (Å²) in [5, 5.41) is 19.8. The van der Waals surface area contributed by atoms with E-state index in [0.717, 1.165) is 22.1 Å². The summed E-state index contributed by atoms with van der Waals surface area (Å²) < 4.78 is 3.56. The van der Waals surface area contributed by atoms with Gasteiger partial charge in [0.1, 0.15) is 0 Å². The second kappa shape index (κ2) is 4.42. The number of hydrogen-bond donors (Lipinski definition) is 2. The van der Waals surface area contributed by atoms with Crippen LogP contribution >= 0.6 is 0 Å². The molecule has 0 saturated heterocycles. The van der Waals surface area contributed by atoms with E-state index in [1.165, 1.54) is 0 Å². The Morgan fingerprint density at radius 2 is 1.90 bits per heavy atom. The maximum Gasteiger partial charge on any atom is 0.162 e. The summed E-state index contributed by atoms with van der Waals surface area (Å²) in [4.78, 5) is 4.71. The number of aliphatic hydroxyl groups excluding tert-OH is 1. The van der Waals surface area contributed by atoms with Crippen molar-refractivity contribution in [2.24, 2.45) is 0 Å². The summed E-state index contributed by atoms with van der Waals surface area (Å²) in [7, 11) is 0. The van der Waals surface area contributed by atoms with Gasteiger partial charge in [-0.1, -0.05) is 0 Å². The molecule has 0 spiro atoms. The predicted octanol–water partition coefficient (Wildman–Crippen LogP) is 1.42. The average Bonchev–Trinajstić information content (AvgIpc) is 2.88. The van der Waals surface area contributed by atoms with Crippen LogP contribution in [-0.2, 0) is 12.1 Å². The average molecular weight is 288 g/mol. The largest absolute Gasteiger partial charge is 0.394 e. The lowest BCUT2D eigenvalue weighted by Crippen LogP contribution is -2.23. The quantitative estimate of drug-likeness (QED) is 0.743. The highest BCUT2D eigenvalue weighted by Gasteiger charge is 2.22. The molecule has 0 unspecified atom stereocenters. The Bertz CT molecular complexity index is 824. The van der Waals surface area contributed by atoms with Crippen LogP contribution in [0.5, 0.6) is 0 Å². The van der Waals surface area contributed by atoms with E-state index in [0.29, 0.717) is 18.0 Å². The third-order valence-electron chi connectivity index (χ3n) is 3.52. The van der Waals surface area contributed by atoms with Crippen molar-refractivity contribution in [2.45, 2.75) is 39.8 Å². The van der Waals surface area contributed by atoms with Crippen molar-refractivity contribution < 1.29 is 5.11 Å². The molecule has 0 radical (unpaired) electrons. The van der Waals surface area contributed by atoms with Crippen molar-refractivity contribution in [2.75, 3.05) is 12.3 Å². The molecule has 0 aliphatic heterocycles. The molecule has 3 N–H and O–H groups in total. The normalized spacial score (nSPS) is 12.6. The number of aromatic nitrogens is 5. The highest BCUT2D eigenvalue weighted by molar-refractivity contribution is 5.96. The number of rotatable bonds is 2. The van der Waals surface area contributed by atoms with Gasteiger partial charge in [0.25, 0.3) is 0 Å². The summed E-state index contributed by atoms with van der Waals surface area (Å²) in [5.41, 5.74) is 8.21. The molecular weight excluding hydrogens is 268 g/mol. The zero-order chi connectivity index (χ0) is 15.4. The number of pyridine rings is 1. The molecule has 3 aromatic rings. The lowest BCUT2D eigenvalue weighted by molar-refractivity contribution is 0.271. The number of nitrogen functional groups attached to an aromatic ring is 1. The molecule has 0 fully saturated rings. The number of anilines is 1. The molecule has 0 aliphatic rings. The molecule has 0 amide bonds. The van der Waals surface area contributed by atoms with Crippen molar-refractivity contribution in [3.63, 3.8) is 0 Å². The molecule has 0 aliphatic carbocycles. The molecule has 21 heavy (non-hydrogen) atoms. The zero-order valence-corrected chi connectivity index (χ0v) is 12.8. The van der Waals surface area contributed by atoms with E-state index in [9.17, 15) is 0 Å². The van der Waals surface area contributed by atoms with Crippen LogP contribution in [-0.4, -0.2) is 36.3 Å². The number of nitrogens with two attached hydrogens (primary N) is 1. The molecule has 3 aromatic heterocycles. The van der Waals surface area contributed by atoms with Crippen LogP contribution in [0.1, 0.15) is 26.5 Å². The Morgan fingerprint density at radius 1 is 1.19 bits per heavy atom. The van der Waals surface area contributed by atoms with Crippen molar-refractivity contribution in [3.8, 4) is 0 Å². The monoisotopic (exact) mass is 288 g/mol. The van der Waals surface area contributed by atoms with Gasteiger partial charge in [0.15, 0.2) is 17.1 Å². The zero-order valence-electron chi connectivity index (χ0n) is 12.8. The van der Waals surface area contributed by atoms with E-state index >= 15 is 0 Å². The van der Waals surface area contributed by atoms with Gasteiger partial charge < -0.3 is 10.8 Å². The molecule has 0 atom stereocenters. The van der Waals surface area contributed by atoms with E-state index in [4.69, 9.17) is 15.8 Å². The first kappa shape index (κ1) is 13.8. The van der Waals surface area contributed by atoms with Gasteiger partial charge in [-0.05, 0) is 33.8 Å². The third kappa shape index (κ3) is 2.04. The second-order valence-corrected chi connectivity index (χ2v) is 6.23. The fourth-order valence-corrected chi connectivity index (χ4v) is 2.51. The Balaban J connectivity index is 2.39. The number of fused-ring (bicyclic) bond motifs is 2. The maximum absolute atomic E-state index is 9.14. The van der Waals surface area contributed by atoms with E-state index in [2.05, 4.69) is 31.0 Å². The van der Waals surface area contributed by atoms with Gasteiger partial charge in [0, 0.05) is 5.39 Å². The van der Waals surface area contributed by atoms with Crippen molar-refractivity contribution in [3.05, 3.63) is 11.8 Å². The first-order valence-corrected chi connectivity index (χ1v) is 6.96. The maximum atomic E-state index is 9.14. The van der Waals surface area contributed by atoms with Gasteiger partial charge in [-0.3, -0.25) is 0 Å². The lowest BCUT2D eigenvalue weighted by atomic mass is 10.1. The molecule has 3 rings (SSSR count). The summed E-state index contributed by atoms with van der Waals surface area (Å²) in [5.74, 6) is 0.427. The van der Waals surface area contributed by atoms with Crippen LogP contribution in [0, 0.1) is 6.92 Å². The molecular formula is C14H20N6O. The van der Waals surface area contributed by atoms with Crippen molar-refractivity contribution >= 4 is 27.9 Å². The van der Waals surface area contributed by atoms with Gasteiger partial charge in [-0.15, -0.1) is 0 Å². The first-order chi connectivity index (χ1) is 9.82. The molecule has 3 heterocycles. The SMILES string of the molecule is Cc1nn(C(C)(C)C)c2nc3c(cc12)c(N)nn3CCO. The Kier molecular flexibility index (Phi) is 2.91. The molecule has 0 aromatic carbocycles. The van der Waals surface area contributed by atoms with Crippen LogP contribution in [0.3, 0.4) is 0 Å². The topological polar surface area (TPSA) is 94.8 Å². The summed E-state index contributed by atoms with van der Waals surface area (Å²) in [6, 6.07) is 1.98. The summed E-state index contributed by atoms with van der Waals surface area (Å²) >= 11 is 0. The molecule has 0 bridgehead atoms. The minimum absolute atomic E-state index is 0.00645. The van der Waals surface area contributed by atoms with Crippen LogP contribution in [0.15, 0.2) is 6.07 Å². The molecule has 7 nitrogen and oxygen atoms in total. The second-order valence-electron chi connectivity index (χ2n) is 6.23. The number of hydrogen-bond acceptors (Lipinski definition) is 5. The van der Waals surface area contributed by atoms with E-state index in [1.54, 1.807) is 4.68 Å². The van der Waals surface area contributed by atoms with Gasteiger partial charge in [-0.2, -0.15) is 10.2 Å². The van der Waals surface area contributed by atoms with Gasteiger partial charge >= 0.3 is 0 Å². The minimum Gasteiger partial charge on any atom is -0.394 e. The van der Waals surface area contributed by atoms with Crippen LogP contribution in [0.2, 0.25) is 0 Å². The highest BCUT2D eigenvalue weighted by Crippen LogP contribution is 2.28. The third-order valence-corrected chi connectivity index (χ3v) is 3.52. The van der Waals surface area contributed by atoms with Gasteiger partial charge in [-0.25, -0.2) is 14.3 Å². The van der Waals surface area contributed by atoms with E-state index < -0.39 is 0 Å². The fourth-order valence-electron chi connectivity index (χ4n) is 2.51. The van der Waals surface area contributed by atoms with Crippen LogP contribution in [0.4, 0.5) is 5.82 Å². The standard InChI is InChI=1S/C14H20N6O/c1-8-9-7-10-11(15)18-19(5-6-21)12(10)16-13(9)20(17-8)14(2,3)4/h7,21H,5-6H2,1-4H3,(H2,15,18). The molecule has 0 saturated carbocycles. The smallest absolute Gasteiger partial charge is 0.162 e. The first-order valence-electron chi connectivity index (χ1n) is 6.96.